The van der Waals surface area contributed by atoms with Crippen LogP contribution in [0, 0.1) is 12.7 Å². The van der Waals surface area contributed by atoms with Gasteiger partial charge in [-0.05, 0) is 24.6 Å². The Morgan fingerprint density at radius 3 is 2.79 bits per heavy atom. The lowest BCUT2D eigenvalue weighted by molar-refractivity contribution is 0.411. The standard InChI is InChI=1S/C14H16FN3O/c1-9-3-4-13(15)12(5-9)14(18-16)10-6-11(19-2)8-17-7-10/h3-8,14,18H,16H2,1-2H3. The largest absolute Gasteiger partial charge is 0.495 e. The number of hydrogen-bond acceptors (Lipinski definition) is 4. The number of hydrogen-bond donors (Lipinski definition) is 2. The average molecular weight is 261 g/mol. The molecule has 0 aliphatic carbocycles. The molecule has 19 heavy (non-hydrogen) atoms. The fourth-order valence-corrected chi connectivity index (χ4v) is 1.96. The van der Waals surface area contributed by atoms with Crippen LogP contribution in [-0.2, 0) is 0 Å². The van der Waals surface area contributed by atoms with E-state index in [1.54, 1.807) is 37.7 Å². The minimum Gasteiger partial charge on any atom is -0.495 e. The number of pyridine rings is 1. The van der Waals surface area contributed by atoms with Gasteiger partial charge in [-0.25, -0.2) is 9.82 Å². The van der Waals surface area contributed by atoms with Crippen molar-refractivity contribution >= 4 is 0 Å². The van der Waals surface area contributed by atoms with Crippen molar-refractivity contribution in [3.63, 3.8) is 0 Å². The van der Waals surface area contributed by atoms with E-state index in [4.69, 9.17) is 10.6 Å². The molecule has 0 fully saturated rings. The lowest BCUT2D eigenvalue weighted by atomic mass is 9.98. The minimum absolute atomic E-state index is 0.309. The summed E-state index contributed by atoms with van der Waals surface area (Å²) in [6, 6.07) is 6.22. The number of rotatable bonds is 4. The van der Waals surface area contributed by atoms with Crippen LogP contribution < -0.4 is 16.0 Å². The van der Waals surface area contributed by atoms with Gasteiger partial charge in [-0.2, -0.15) is 0 Å². The highest BCUT2D eigenvalue weighted by molar-refractivity contribution is 5.36. The highest BCUT2D eigenvalue weighted by Gasteiger charge is 2.17. The smallest absolute Gasteiger partial charge is 0.137 e. The second-order valence-corrected chi connectivity index (χ2v) is 4.28. The number of nitrogens with zero attached hydrogens (tertiary/aromatic N) is 1. The number of nitrogens with two attached hydrogens (primary N) is 1. The molecule has 0 aliphatic heterocycles. The Kier molecular flexibility index (Phi) is 4.09. The summed E-state index contributed by atoms with van der Waals surface area (Å²) >= 11 is 0. The number of halogens is 1. The zero-order chi connectivity index (χ0) is 13.8. The lowest BCUT2D eigenvalue weighted by Gasteiger charge is -2.18. The first-order chi connectivity index (χ1) is 9.15. The average Bonchev–Trinajstić information content (AvgIpc) is 2.44. The van der Waals surface area contributed by atoms with Crippen LogP contribution in [0.5, 0.6) is 5.75 Å². The number of aromatic nitrogens is 1. The van der Waals surface area contributed by atoms with Gasteiger partial charge in [-0.1, -0.05) is 17.7 Å². The molecule has 0 saturated carbocycles. The molecule has 1 aromatic carbocycles. The molecule has 0 spiro atoms. The summed E-state index contributed by atoms with van der Waals surface area (Å²) in [6.07, 6.45) is 3.22. The quantitative estimate of drug-likeness (QED) is 0.653. The predicted molar refractivity (Wildman–Crippen MR) is 71.1 cm³/mol. The Balaban J connectivity index is 2.46. The van der Waals surface area contributed by atoms with Gasteiger partial charge in [-0.15, -0.1) is 0 Å². The minimum atomic E-state index is -0.470. The molecule has 5 heteroatoms. The number of methoxy groups -OCH3 is 1. The number of ether oxygens (including phenoxy) is 1. The van der Waals surface area contributed by atoms with E-state index in [-0.39, 0.29) is 5.82 Å². The molecule has 100 valence electrons. The van der Waals surface area contributed by atoms with Crippen LogP contribution in [-0.4, -0.2) is 12.1 Å². The molecular formula is C14H16FN3O. The van der Waals surface area contributed by atoms with Crippen LogP contribution in [0.25, 0.3) is 0 Å². The van der Waals surface area contributed by atoms with Crippen LogP contribution >= 0.6 is 0 Å². The summed E-state index contributed by atoms with van der Waals surface area (Å²) in [7, 11) is 1.55. The van der Waals surface area contributed by atoms with Crippen LogP contribution in [0.4, 0.5) is 4.39 Å². The second kappa shape index (κ2) is 5.77. The van der Waals surface area contributed by atoms with Crippen LogP contribution in [0.3, 0.4) is 0 Å². The normalized spacial score (nSPS) is 12.2. The Morgan fingerprint density at radius 2 is 2.11 bits per heavy atom. The molecule has 0 bridgehead atoms. The van der Waals surface area contributed by atoms with Crippen LogP contribution in [0.2, 0.25) is 0 Å². The monoisotopic (exact) mass is 261 g/mol. The highest BCUT2D eigenvalue weighted by Crippen LogP contribution is 2.26. The van der Waals surface area contributed by atoms with Gasteiger partial charge < -0.3 is 4.74 Å². The molecule has 4 nitrogen and oxygen atoms in total. The second-order valence-electron chi connectivity index (χ2n) is 4.28. The number of benzene rings is 1. The molecular weight excluding hydrogens is 245 g/mol. The maximum Gasteiger partial charge on any atom is 0.137 e. The molecule has 3 N–H and O–H groups in total. The van der Waals surface area contributed by atoms with E-state index in [0.717, 1.165) is 11.1 Å². The number of aryl methyl sites for hydroxylation is 1. The fraction of sp³-hybridized carbons (Fsp3) is 0.214. The van der Waals surface area contributed by atoms with E-state index in [1.165, 1.54) is 6.07 Å². The van der Waals surface area contributed by atoms with Crippen molar-refractivity contribution in [3.8, 4) is 5.75 Å². The van der Waals surface area contributed by atoms with Crippen molar-refractivity contribution in [1.82, 2.24) is 10.4 Å². The van der Waals surface area contributed by atoms with Crippen molar-refractivity contribution in [3.05, 3.63) is 59.2 Å². The van der Waals surface area contributed by atoms with Gasteiger partial charge in [0, 0.05) is 11.8 Å². The van der Waals surface area contributed by atoms with Gasteiger partial charge in [-0.3, -0.25) is 10.8 Å². The first kappa shape index (κ1) is 13.5. The zero-order valence-corrected chi connectivity index (χ0v) is 10.9. The molecule has 1 aromatic heterocycles. The Morgan fingerprint density at radius 1 is 1.32 bits per heavy atom. The van der Waals surface area contributed by atoms with Crippen molar-refractivity contribution in [2.45, 2.75) is 13.0 Å². The molecule has 2 rings (SSSR count). The van der Waals surface area contributed by atoms with Crippen LogP contribution in [0.15, 0.2) is 36.7 Å². The van der Waals surface area contributed by atoms with E-state index in [9.17, 15) is 4.39 Å². The molecule has 0 radical (unpaired) electrons. The number of nitrogens with one attached hydrogen (secondary N) is 1. The SMILES string of the molecule is COc1cncc(C(NN)c2cc(C)ccc2F)c1. The molecule has 1 unspecified atom stereocenters. The molecule has 2 aromatic rings. The zero-order valence-electron chi connectivity index (χ0n) is 10.9. The molecule has 1 atom stereocenters. The van der Waals surface area contributed by atoms with E-state index in [0.29, 0.717) is 11.3 Å². The first-order valence-corrected chi connectivity index (χ1v) is 5.87. The molecule has 0 amide bonds. The van der Waals surface area contributed by atoms with E-state index in [1.807, 2.05) is 6.92 Å². The van der Waals surface area contributed by atoms with Gasteiger partial charge in [0.05, 0.1) is 19.3 Å². The Labute approximate surface area is 111 Å². The highest BCUT2D eigenvalue weighted by atomic mass is 19.1. The van der Waals surface area contributed by atoms with Gasteiger partial charge in [0.15, 0.2) is 0 Å². The Hall–Kier alpha value is -1.98. The Bertz CT molecular complexity index is 574. The van der Waals surface area contributed by atoms with Crippen LogP contribution in [0.1, 0.15) is 22.7 Å². The van der Waals surface area contributed by atoms with E-state index in [2.05, 4.69) is 10.4 Å². The fourth-order valence-electron chi connectivity index (χ4n) is 1.96. The van der Waals surface area contributed by atoms with E-state index < -0.39 is 6.04 Å². The summed E-state index contributed by atoms with van der Waals surface area (Å²) in [5.41, 5.74) is 4.81. The van der Waals surface area contributed by atoms with Crippen molar-refractivity contribution in [2.75, 3.05) is 7.11 Å². The molecule has 0 saturated heterocycles. The van der Waals surface area contributed by atoms with Crippen molar-refractivity contribution in [1.29, 1.82) is 0 Å². The first-order valence-electron chi connectivity index (χ1n) is 5.87. The summed E-state index contributed by atoms with van der Waals surface area (Å²) in [6.45, 7) is 1.90. The number of hydrazine groups is 1. The maximum absolute atomic E-state index is 13.9. The van der Waals surface area contributed by atoms with Gasteiger partial charge in [0.2, 0.25) is 0 Å². The molecule has 1 heterocycles. The van der Waals surface area contributed by atoms with Gasteiger partial charge in [0.1, 0.15) is 11.6 Å². The van der Waals surface area contributed by atoms with Gasteiger partial charge in [0.25, 0.3) is 0 Å². The van der Waals surface area contributed by atoms with Gasteiger partial charge >= 0.3 is 0 Å². The molecule has 0 aliphatic rings. The maximum atomic E-state index is 13.9. The van der Waals surface area contributed by atoms with Crippen molar-refractivity contribution < 1.29 is 9.13 Å². The summed E-state index contributed by atoms with van der Waals surface area (Å²) in [5.74, 6) is 5.86. The third-order valence-corrected chi connectivity index (χ3v) is 2.93. The third kappa shape index (κ3) is 2.89. The van der Waals surface area contributed by atoms with Crippen molar-refractivity contribution in [2.24, 2.45) is 5.84 Å². The topological polar surface area (TPSA) is 60.2 Å². The lowest BCUT2D eigenvalue weighted by Crippen LogP contribution is -2.29. The van der Waals surface area contributed by atoms with E-state index >= 15 is 0 Å². The predicted octanol–water partition coefficient (Wildman–Crippen LogP) is 2.09. The summed E-state index contributed by atoms with van der Waals surface area (Å²) < 4.78 is 19.0. The summed E-state index contributed by atoms with van der Waals surface area (Å²) in [5, 5.41) is 0. The third-order valence-electron chi connectivity index (χ3n) is 2.93. The summed E-state index contributed by atoms with van der Waals surface area (Å²) in [4.78, 5) is 4.06.